The molecule has 0 amide bonds. The molecule has 3 atom stereocenters. The molecule has 0 saturated heterocycles. The molecule has 0 bridgehead atoms. The number of hydrogen-bond donors (Lipinski definition) is 1. The van der Waals surface area contributed by atoms with Crippen molar-refractivity contribution < 1.29 is 14.2 Å². The second-order valence-electron chi connectivity index (χ2n) is 5.37. The van der Waals surface area contributed by atoms with Gasteiger partial charge in [-0.15, -0.1) is 0 Å². The van der Waals surface area contributed by atoms with Crippen LogP contribution in [0, 0.1) is 5.92 Å². The minimum atomic E-state index is 0.208. The van der Waals surface area contributed by atoms with Crippen molar-refractivity contribution in [1.82, 2.24) is 5.32 Å². The molecule has 1 N–H and O–H groups in total. The van der Waals surface area contributed by atoms with Crippen LogP contribution in [0.3, 0.4) is 0 Å². The van der Waals surface area contributed by atoms with Gasteiger partial charge in [-0.3, -0.25) is 0 Å². The highest BCUT2D eigenvalue weighted by atomic mass is 16.6. The van der Waals surface area contributed by atoms with Gasteiger partial charge in [-0.1, -0.05) is 19.8 Å². The monoisotopic (exact) mass is 257 g/mol. The lowest BCUT2D eigenvalue weighted by Gasteiger charge is -2.44. The standard InChI is InChI=1S/C14H27NO3/c1-3-15-12-10-13(14(12)18-9-8-16-2)17-7-6-11-4-5-11/h11-15H,3-10H2,1-2H3. The fraction of sp³-hybridized carbons (Fsp3) is 1.00. The van der Waals surface area contributed by atoms with Crippen LogP contribution in [-0.4, -0.2) is 51.7 Å². The van der Waals surface area contributed by atoms with E-state index in [0.717, 1.165) is 25.5 Å². The molecule has 0 radical (unpaired) electrons. The van der Waals surface area contributed by atoms with E-state index < -0.39 is 0 Å². The first-order chi connectivity index (χ1) is 8.85. The number of hydrogen-bond acceptors (Lipinski definition) is 4. The summed E-state index contributed by atoms with van der Waals surface area (Å²) in [7, 11) is 1.70. The van der Waals surface area contributed by atoms with Gasteiger partial charge in [0.15, 0.2) is 0 Å². The van der Waals surface area contributed by atoms with Crippen molar-refractivity contribution >= 4 is 0 Å². The summed E-state index contributed by atoms with van der Waals surface area (Å²) in [6.07, 6.45) is 5.61. The van der Waals surface area contributed by atoms with Gasteiger partial charge in [0.25, 0.3) is 0 Å². The van der Waals surface area contributed by atoms with Gasteiger partial charge in [-0.25, -0.2) is 0 Å². The molecule has 0 aromatic rings. The molecule has 3 unspecified atom stereocenters. The summed E-state index contributed by atoms with van der Waals surface area (Å²) >= 11 is 0. The molecule has 18 heavy (non-hydrogen) atoms. The van der Waals surface area contributed by atoms with Crippen molar-refractivity contribution in [2.75, 3.05) is 33.5 Å². The maximum atomic E-state index is 5.94. The zero-order valence-electron chi connectivity index (χ0n) is 11.7. The van der Waals surface area contributed by atoms with E-state index in [0.29, 0.717) is 19.3 Å². The Morgan fingerprint density at radius 2 is 1.94 bits per heavy atom. The number of rotatable bonds is 10. The quantitative estimate of drug-likeness (QED) is 0.603. The second kappa shape index (κ2) is 7.43. The average Bonchev–Trinajstić information content (AvgIpc) is 3.16. The molecular weight excluding hydrogens is 230 g/mol. The Labute approximate surface area is 110 Å². The molecule has 0 spiro atoms. The SMILES string of the molecule is CCNC1CC(OCCC2CC2)C1OCCOC. The number of likely N-dealkylation sites (N-methyl/N-ethyl adjacent to an activating group) is 1. The van der Waals surface area contributed by atoms with Crippen molar-refractivity contribution in [1.29, 1.82) is 0 Å². The van der Waals surface area contributed by atoms with Crippen LogP contribution in [0.15, 0.2) is 0 Å². The first-order valence-electron chi connectivity index (χ1n) is 7.30. The molecule has 0 heterocycles. The average molecular weight is 257 g/mol. The minimum absolute atomic E-state index is 0.208. The van der Waals surface area contributed by atoms with E-state index >= 15 is 0 Å². The number of methoxy groups -OCH3 is 1. The topological polar surface area (TPSA) is 39.7 Å². The van der Waals surface area contributed by atoms with Gasteiger partial charge in [-0.05, 0) is 25.3 Å². The zero-order chi connectivity index (χ0) is 12.8. The second-order valence-corrected chi connectivity index (χ2v) is 5.37. The van der Waals surface area contributed by atoms with E-state index in [2.05, 4.69) is 12.2 Å². The summed E-state index contributed by atoms with van der Waals surface area (Å²) in [5.41, 5.74) is 0. The molecule has 4 heteroatoms. The van der Waals surface area contributed by atoms with Crippen LogP contribution in [0.4, 0.5) is 0 Å². The fourth-order valence-corrected chi connectivity index (χ4v) is 2.49. The molecule has 4 nitrogen and oxygen atoms in total. The van der Waals surface area contributed by atoms with Crippen LogP contribution in [0.5, 0.6) is 0 Å². The van der Waals surface area contributed by atoms with Crippen molar-refractivity contribution in [3.63, 3.8) is 0 Å². The van der Waals surface area contributed by atoms with Crippen LogP contribution in [0.2, 0.25) is 0 Å². The fourth-order valence-electron chi connectivity index (χ4n) is 2.49. The highest BCUT2D eigenvalue weighted by Crippen LogP contribution is 2.33. The van der Waals surface area contributed by atoms with E-state index in [4.69, 9.17) is 14.2 Å². The smallest absolute Gasteiger partial charge is 0.0991 e. The number of ether oxygens (including phenoxy) is 3. The lowest BCUT2D eigenvalue weighted by Crippen LogP contribution is -2.60. The molecule has 2 saturated carbocycles. The summed E-state index contributed by atoms with van der Waals surface area (Å²) in [5, 5.41) is 3.45. The molecule has 2 rings (SSSR count). The summed E-state index contributed by atoms with van der Waals surface area (Å²) in [5.74, 6) is 0.947. The van der Waals surface area contributed by atoms with Crippen molar-refractivity contribution in [3.8, 4) is 0 Å². The Kier molecular flexibility index (Phi) is 5.89. The first kappa shape index (κ1) is 14.3. The van der Waals surface area contributed by atoms with Gasteiger partial charge in [0, 0.05) is 19.8 Å². The predicted octanol–water partition coefficient (Wildman–Crippen LogP) is 1.59. The van der Waals surface area contributed by atoms with E-state index in [9.17, 15) is 0 Å². The first-order valence-corrected chi connectivity index (χ1v) is 7.30. The van der Waals surface area contributed by atoms with Gasteiger partial charge < -0.3 is 19.5 Å². The predicted molar refractivity (Wildman–Crippen MR) is 70.8 cm³/mol. The van der Waals surface area contributed by atoms with Crippen molar-refractivity contribution in [2.24, 2.45) is 5.92 Å². The lowest BCUT2D eigenvalue weighted by atomic mass is 9.85. The molecule has 2 fully saturated rings. The van der Waals surface area contributed by atoms with Crippen molar-refractivity contribution in [3.05, 3.63) is 0 Å². The molecule has 106 valence electrons. The maximum absolute atomic E-state index is 5.94. The normalized spacial score (nSPS) is 31.3. The van der Waals surface area contributed by atoms with Gasteiger partial charge >= 0.3 is 0 Å². The molecule has 2 aliphatic rings. The number of nitrogens with one attached hydrogen (secondary N) is 1. The third kappa shape index (κ3) is 4.19. The Morgan fingerprint density at radius 1 is 1.11 bits per heavy atom. The minimum Gasteiger partial charge on any atom is -0.382 e. The molecular formula is C14H27NO3. The van der Waals surface area contributed by atoms with Crippen LogP contribution >= 0.6 is 0 Å². The largest absolute Gasteiger partial charge is 0.382 e. The highest BCUT2D eigenvalue weighted by molar-refractivity contribution is 4.97. The Morgan fingerprint density at radius 3 is 2.61 bits per heavy atom. The summed E-state index contributed by atoms with van der Waals surface area (Å²) in [6.45, 7) is 5.34. The van der Waals surface area contributed by atoms with Crippen LogP contribution in [-0.2, 0) is 14.2 Å². The molecule has 0 aliphatic heterocycles. The Hall–Kier alpha value is -0.160. The van der Waals surface area contributed by atoms with Gasteiger partial charge in [0.2, 0.25) is 0 Å². The third-order valence-electron chi connectivity index (χ3n) is 3.87. The molecule has 2 aliphatic carbocycles. The summed E-state index contributed by atoms with van der Waals surface area (Å²) in [6, 6.07) is 0.456. The Bertz CT molecular complexity index is 233. The van der Waals surface area contributed by atoms with Gasteiger partial charge in [0.05, 0.1) is 25.4 Å². The lowest BCUT2D eigenvalue weighted by molar-refractivity contribution is -0.152. The van der Waals surface area contributed by atoms with E-state index in [-0.39, 0.29) is 12.2 Å². The summed E-state index contributed by atoms with van der Waals surface area (Å²) < 4.78 is 16.8. The van der Waals surface area contributed by atoms with Crippen molar-refractivity contribution in [2.45, 2.75) is 50.9 Å². The highest BCUT2D eigenvalue weighted by Gasteiger charge is 2.42. The van der Waals surface area contributed by atoms with E-state index in [1.54, 1.807) is 7.11 Å². The van der Waals surface area contributed by atoms with E-state index in [1.165, 1.54) is 19.3 Å². The summed E-state index contributed by atoms with van der Waals surface area (Å²) in [4.78, 5) is 0. The molecule has 0 aromatic heterocycles. The van der Waals surface area contributed by atoms with Gasteiger partial charge in [-0.2, -0.15) is 0 Å². The van der Waals surface area contributed by atoms with Gasteiger partial charge in [0.1, 0.15) is 0 Å². The van der Waals surface area contributed by atoms with Crippen LogP contribution < -0.4 is 5.32 Å². The van der Waals surface area contributed by atoms with Crippen LogP contribution in [0.1, 0.15) is 32.6 Å². The van der Waals surface area contributed by atoms with Crippen LogP contribution in [0.25, 0.3) is 0 Å². The third-order valence-corrected chi connectivity index (χ3v) is 3.87. The Balaban J connectivity index is 1.63. The zero-order valence-corrected chi connectivity index (χ0v) is 11.7. The maximum Gasteiger partial charge on any atom is 0.0991 e. The van der Waals surface area contributed by atoms with E-state index in [1.807, 2.05) is 0 Å². The molecule has 0 aromatic carbocycles.